The van der Waals surface area contributed by atoms with Crippen molar-refractivity contribution in [1.29, 1.82) is 0 Å². The first kappa shape index (κ1) is 16.0. The molecular weight excluding hydrogens is 301 g/mol. The van der Waals surface area contributed by atoms with E-state index in [2.05, 4.69) is 0 Å². The zero-order valence-corrected chi connectivity index (χ0v) is 12.9. The molecule has 0 aromatic heterocycles. The van der Waals surface area contributed by atoms with Crippen molar-refractivity contribution in [3.05, 3.63) is 84.4 Å². The molecule has 0 amide bonds. The molecule has 0 unspecified atom stereocenters. The molecule has 0 saturated heterocycles. The van der Waals surface area contributed by atoms with Crippen LogP contribution >= 0.6 is 0 Å². The summed E-state index contributed by atoms with van der Waals surface area (Å²) in [5.74, 6) is 0. The van der Waals surface area contributed by atoms with E-state index in [1.54, 1.807) is 24.3 Å². The highest BCUT2D eigenvalue weighted by Crippen LogP contribution is 2.33. The fraction of sp³-hybridized carbons (Fsp3) is 0. The molecule has 0 aliphatic rings. The topological polar surface area (TPSA) is 60.8 Å². The van der Waals surface area contributed by atoms with Crippen LogP contribution in [0.25, 0.3) is 0 Å². The molecule has 24 heavy (non-hydrogen) atoms. The van der Waals surface area contributed by atoms with Crippen LogP contribution in [-0.2, 0) is 0 Å². The van der Waals surface area contributed by atoms with Crippen LogP contribution in [0.2, 0.25) is 0 Å². The quantitative estimate of drug-likeness (QED) is 0.561. The summed E-state index contributed by atoms with van der Waals surface area (Å²) in [6.45, 7) is 0. The predicted octanol–water partition coefficient (Wildman–Crippen LogP) is 2.65. The highest BCUT2D eigenvalue weighted by atomic mass is 16.4. The molecule has 0 atom stereocenters. The molecule has 0 aliphatic heterocycles. The van der Waals surface area contributed by atoms with Gasteiger partial charge in [0.05, 0.1) is 0 Å². The molecule has 0 saturated carbocycles. The minimum absolute atomic E-state index is 0.433. The van der Waals surface area contributed by atoms with Gasteiger partial charge in [-0.2, -0.15) is 0 Å². The first-order chi connectivity index (χ1) is 11.7. The maximum absolute atomic E-state index is 10.9. The molecule has 0 fully saturated rings. The lowest BCUT2D eigenvalue weighted by atomic mass is 9.80. The fourth-order valence-corrected chi connectivity index (χ4v) is 2.52. The lowest BCUT2D eigenvalue weighted by Crippen LogP contribution is -2.29. The van der Waals surface area contributed by atoms with Gasteiger partial charge in [-0.25, -0.2) is 0 Å². The predicted molar refractivity (Wildman–Crippen MR) is 96.3 cm³/mol. The number of carbonyl (C=O) groups is 1. The molecule has 3 aromatic carbocycles. The summed E-state index contributed by atoms with van der Waals surface area (Å²) in [5, 5.41) is 18.5. The first-order valence-electron chi connectivity index (χ1n) is 7.55. The van der Waals surface area contributed by atoms with E-state index in [1.165, 1.54) is 0 Å². The number of rotatable bonds is 5. The average Bonchev–Trinajstić information content (AvgIpc) is 2.64. The van der Waals surface area contributed by atoms with Crippen molar-refractivity contribution in [1.82, 2.24) is 0 Å². The molecule has 2 N–H and O–H groups in total. The molecule has 3 rings (SSSR count). The van der Waals surface area contributed by atoms with Crippen molar-refractivity contribution in [2.75, 3.05) is 4.90 Å². The second kappa shape index (κ2) is 7.13. The molecule has 0 spiro atoms. The largest absolute Gasteiger partial charge is 0.488 e. The molecule has 0 bridgehead atoms. The van der Waals surface area contributed by atoms with Crippen LogP contribution in [0.15, 0.2) is 78.9 Å². The monoisotopic (exact) mass is 317 g/mol. The van der Waals surface area contributed by atoms with E-state index in [0.29, 0.717) is 11.0 Å². The van der Waals surface area contributed by atoms with Gasteiger partial charge in [0, 0.05) is 22.6 Å². The van der Waals surface area contributed by atoms with Gasteiger partial charge in [0.25, 0.3) is 0 Å². The van der Waals surface area contributed by atoms with Gasteiger partial charge in [-0.1, -0.05) is 30.3 Å². The van der Waals surface area contributed by atoms with Crippen LogP contribution in [0.1, 0.15) is 10.4 Å². The maximum atomic E-state index is 10.9. The third-order valence-electron chi connectivity index (χ3n) is 3.75. The van der Waals surface area contributed by atoms with Gasteiger partial charge in [0.1, 0.15) is 6.29 Å². The smallest absolute Gasteiger partial charge is 0.423 e. The second-order valence-corrected chi connectivity index (χ2v) is 5.35. The second-order valence-electron chi connectivity index (χ2n) is 5.35. The fourth-order valence-electron chi connectivity index (χ4n) is 2.52. The minimum Gasteiger partial charge on any atom is -0.423 e. The molecule has 4 nitrogen and oxygen atoms in total. The van der Waals surface area contributed by atoms with E-state index in [9.17, 15) is 14.8 Å². The Balaban J connectivity index is 2.06. The number of para-hydroxylation sites is 1. The molecule has 118 valence electrons. The summed E-state index contributed by atoms with van der Waals surface area (Å²) < 4.78 is 0. The van der Waals surface area contributed by atoms with E-state index < -0.39 is 7.12 Å². The van der Waals surface area contributed by atoms with Gasteiger partial charge in [-0.15, -0.1) is 0 Å². The Labute approximate surface area is 140 Å². The maximum Gasteiger partial charge on any atom is 0.488 e. The number of nitrogens with zero attached hydrogens (tertiary/aromatic N) is 1. The molecule has 0 heterocycles. The minimum atomic E-state index is -1.49. The van der Waals surface area contributed by atoms with Crippen LogP contribution in [-0.4, -0.2) is 23.5 Å². The van der Waals surface area contributed by atoms with Gasteiger partial charge >= 0.3 is 7.12 Å². The Morgan fingerprint density at radius 3 is 1.71 bits per heavy atom. The van der Waals surface area contributed by atoms with Crippen molar-refractivity contribution in [3.8, 4) is 0 Å². The van der Waals surface area contributed by atoms with Gasteiger partial charge in [0.2, 0.25) is 0 Å². The van der Waals surface area contributed by atoms with Crippen molar-refractivity contribution < 1.29 is 14.8 Å². The lowest BCUT2D eigenvalue weighted by molar-refractivity contribution is 0.112. The third-order valence-corrected chi connectivity index (χ3v) is 3.75. The van der Waals surface area contributed by atoms with Crippen molar-refractivity contribution in [2.24, 2.45) is 0 Å². The van der Waals surface area contributed by atoms with Crippen molar-refractivity contribution >= 4 is 35.9 Å². The number of anilines is 3. The van der Waals surface area contributed by atoms with E-state index in [1.807, 2.05) is 59.5 Å². The van der Waals surface area contributed by atoms with Crippen LogP contribution < -0.4 is 10.4 Å². The van der Waals surface area contributed by atoms with E-state index in [-0.39, 0.29) is 0 Å². The molecular formula is C19H16BNO3. The van der Waals surface area contributed by atoms with Crippen LogP contribution in [0.3, 0.4) is 0 Å². The molecule has 0 aliphatic carbocycles. The summed E-state index contributed by atoms with van der Waals surface area (Å²) in [4.78, 5) is 12.9. The number of hydrogen-bond acceptors (Lipinski definition) is 4. The molecule has 5 heteroatoms. The number of hydrogen-bond donors (Lipinski definition) is 2. The summed E-state index contributed by atoms with van der Waals surface area (Å²) in [6, 6.07) is 24.1. The Bertz CT molecular complexity index is 802. The Kier molecular flexibility index (Phi) is 4.75. The SMILES string of the molecule is O=Cc1ccc(N(c2ccccc2)c2ccc(B(O)O)cc2)cc1. The van der Waals surface area contributed by atoms with Crippen molar-refractivity contribution in [3.63, 3.8) is 0 Å². The number of aldehydes is 1. The third kappa shape index (κ3) is 3.37. The number of benzene rings is 3. The first-order valence-corrected chi connectivity index (χ1v) is 7.55. The molecule has 0 radical (unpaired) electrons. The summed E-state index contributed by atoms with van der Waals surface area (Å²) in [5.41, 5.74) is 3.80. The highest BCUT2D eigenvalue weighted by molar-refractivity contribution is 6.58. The van der Waals surface area contributed by atoms with Crippen molar-refractivity contribution in [2.45, 2.75) is 0 Å². The van der Waals surface area contributed by atoms with Crippen LogP contribution in [0, 0.1) is 0 Å². The van der Waals surface area contributed by atoms with Crippen LogP contribution in [0.4, 0.5) is 17.1 Å². The standard InChI is InChI=1S/C19H16BNO3/c22-14-15-6-10-18(11-7-15)21(17-4-2-1-3-5-17)19-12-8-16(9-13-19)20(23)24/h1-14,23-24H. The average molecular weight is 317 g/mol. The van der Waals surface area contributed by atoms with E-state index in [0.717, 1.165) is 23.3 Å². The molecule has 3 aromatic rings. The normalized spacial score (nSPS) is 10.2. The summed E-state index contributed by atoms with van der Waals surface area (Å²) in [7, 11) is -1.49. The van der Waals surface area contributed by atoms with Gasteiger partial charge in [-0.05, 0) is 54.0 Å². The van der Waals surface area contributed by atoms with Gasteiger partial charge in [-0.3, -0.25) is 4.79 Å². The highest BCUT2D eigenvalue weighted by Gasteiger charge is 2.14. The lowest BCUT2D eigenvalue weighted by Gasteiger charge is -2.25. The number of carbonyl (C=O) groups excluding carboxylic acids is 1. The van der Waals surface area contributed by atoms with Crippen LogP contribution in [0.5, 0.6) is 0 Å². The Hall–Kier alpha value is -2.89. The zero-order valence-electron chi connectivity index (χ0n) is 12.9. The summed E-state index contributed by atoms with van der Waals surface area (Å²) >= 11 is 0. The van der Waals surface area contributed by atoms with E-state index in [4.69, 9.17) is 0 Å². The Morgan fingerprint density at radius 1 is 0.708 bits per heavy atom. The van der Waals surface area contributed by atoms with E-state index >= 15 is 0 Å². The van der Waals surface area contributed by atoms with Gasteiger partial charge < -0.3 is 14.9 Å². The van der Waals surface area contributed by atoms with Gasteiger partial charge in [0.15, 0.2) is 0 Å². The zero-order chi connectivity index (χ0) is 16.9. The summed E-state index contributed by atoms with van der Waals surface area (Å²) in [6.07, 6.45) is 0.814. The Morgan fingerprint density at radius 2 is 1.21 bits per heavy atom.